The molecule has 0 fully saturated rings. The van der Waals surface area contributed by atoms with Crippen molar-refractivity contribution >= 4 is 37.7 Å². The van der Waals surface area contributed by atoms with Crippen LogP contribution in [0.1, 0.15) is 0 Å². The molecule has 0 bridgehead atoms. The van der Waals surface area contributed by atoms with Gasteiger partial charge < -0.3 is 4.98 Å². The number of fused-ring (bicyclic) bond motifs is 2. The van der Waals surface area contributed by atoms with Crippen molar-refractivity contribution in [1.29, 1.82) is 0 Å². The van der Waals surface area contributed by atoms with E-state index < -0.39 is 0 Å². The molecule has 0 unspecified atom stereocenters. The summed E-state index contributed by atoms with van der Waals surface area (Å²) >= 11 is 3.55. The quantitative estimate of drug-likeness (QED) is 0.516. The highest BCUT2D eigenvalue weighted by Crippen LogP contribution is 2.31. The highest BCUT2D eigenvalue weighted by Gasteiger charge is 2.07. The van der Waals surface area contributed by atoms with Gasteiger partial charge in [0.1, 0.15) is 5.65 Å². The van der Waals surface area contributed by atoms with Crippen LogP contribution < -0.4 is 0 Å². The van der Waals surface area contributed by atoms with Crippen molar-refractivity contribution in [2.24, 2.45) is 0 Å². The molecule has 1 N–H and O–H groups in total. The molecular formula is C17H11BrN2. The Kier molecular flexibility index (Phi) is 2.60. The van der Waals surface area contributed by atoms with Crippen molar-refractivity contribution in [3.8, 4) is 11.1 Å². The lowest BCUT2D eigenvalue weighted by Crippen LogP contribution is -1.84. The van der Waals surface area contributed by atoms with Crippen LogP contribution in [-0.4, -0.2) is 9.97 Å². The zero-order chi connectivity index (χ0) is 13.5. The zero-order valence-corrected chi connectivity index (χ0v) is 12.2. The number of hydrogen-bond acceptors (Lipinski definition) is 1. The van der Waals surface area contributed by atoms with Crippen LogP contribution in [0.2, 0.25) is 0 Å². The van der Waals surface area contributed by atoms with E-state index in [2.05, 4.69) is 74.4 Å². The predicted molar refractivity (Wildman–Crippen MR) is 86.7 cm³/mol. The first-order valence-electron chi connectivity index (χ1n) is 6.44. The summed E-state index contributed by atoms with van der Waals surface area (Å²) in [7, 11) is 0. The van der Waals surface area contributed by atoms with Crippen molar-refractivity contribution < 1.29 is 0 Å². The average Bonchev–Trinajstić information content (AvgIpc) is 2.88. The molecule has 4 aromatic rings. The largest absolute Gasteiger partial charge is 0.345 e. The maximum atomic E-state index is 4.50. The summed E-state index contributed by atoms with van der Waals surface area (Å²) < 4.78 is 1.04. The van der Waals surface area contributed by atoms with E-state index in [9.17, 15) is 0 Å². The van der Waals surface area contributed by atoms with Gasteiger partial charge in [0.05, 0.1) is 0 Å². The van der Waals surface area contributed by atoms with Crippen LogP contribution >= 0.6 is 15.9 Å². The minimum Gasteiger partial charge on any atom is -0.345 e. The first-order valence-corrected chi connectivity index (χ1v) is 7.23. The maximum Gasteiger partial charge on any atom is 0.138 e. The smallest absolute Gasteiger partial charge is 0.138 e. The van der Waals surface area contributed by atoms with Gasteiger partial charge in [-0.3, -0.25) is 0 Å². The summed E-state index contributed by atoms with van der Waals surface area (Å²) in [5, 5.41) is 3.61. The monoisotopic (exact) mass is 322 g/mol. The molecule has 3 heteroatoms. The van der Waals surface area contributed by atoms with Crippen LogP contribution in [0.4, 0.5) is 0 Å². The third kappa shape index (κ3) is 1.74. The summed E-state index contributed by atoms with van der Waals surface area (Å²) in [5.74, 6) is 0. The normalized spacial score (nSPS) is 11.2. The van der Waals surface area contributed by atoms with Gasteiger partial charge in [0.25, 0.3) is 0 Å². The Morgan fingerprint density at radius 2 is 1.80 bits per heavy atom. The van der Waals surface area contributed by atoms with E-state index >= 15 is 0 Å². The van der Waals surface area contributed by atoms with E-state index in [1.165, 1.54) is 16.3 Å². The summed E-state index contributed by atoms with van der Waals surface area (Å²) in [6, 6.07) is 17.0. The van der Waals surface area contributed by atoms with Crippen molar-refractivity contribution in [2.45, 2.75) is 0 Å². The molecule has 0 aliphatic heterocycles. The SMILES string of the molecule is Brc1c[nH]c2ncc(-c3cccc4ccccc34)cc12. The molecule has 2 nitrogen and oxygen atoms in total. The molecule has 0 amide bonds. The van der Waals surface area contributed by atoms with Crippen LogP contribution in [0.3, 0.4) is 0 Å². The number of aromatic nitrogens is 2. The molecule has 0 radical (unpaired) electrons. The lowest BCUT2D eigenvalue weighted by molar-refractivity contribution is 1.33. The fourth-order valence-corrected chi connectivity index (χ4v) is 3.01. The van der Waals surface area contributed by atoms with Gasteiger partial charge in [0.2, 0.25) is 0 Å². The molecule has 4 rings (SSSR count). The van der Waals surface area contributed by atoms with E-state index in [1.54, 1.807) is 0 Å². The number of benzene rings is 2. The Labute approximate surface area is 124 Å². The van der Waals surface area contributed by atoms with E-state index in [-0.39, 0.29) is 0 Å². The third-order valence-electron chi connectivity index (χ3n) is 3.58. The Morgan fingerprint density at radius 3 is 2.75 bits per heavy atom. The number of rotatable bonds is 1. The third-order valence-corrected chi connectivity index (χ3v) is 4.24. The van der Waals surface area contributed by atoms with Crippen molar-refractivity contribution in [3.63, 3.8) is 0 Å². The standard InChI is InChI=1S/C17H11BrN2/c18-16-10-20-17-15(16)8-12(9-19-17)14-7-3-5-11-4-1-2-6-13(11)14/h1-10H,(H,19,20). The van der Waals surface area contributed by atoms with Crippen LogP contribution in [0, 0.1) is 0 Å². The molecule has 0 saturated heterocycles. The molecule has 2 aromatic carbocycles. The van der Waals surface area contributed by atoms with E-state index in [0.717, 1.165) is 21.1 Å². The Bertz CT molecular complexity index is 919. The molecule has 0 aliphatic rings. The van der Waals surface area contributed by atoms with Crippen molar-refractivity contribution in [1.82, 2.24) is 9.97 Å². The van der Waals surface area contributed by atoms with Gasteiger partial charge in [-0.2, -0.15) is 0 Å². The first-order chi connectivity index (χ1) is 9.83. The minimum absolute atomic E-state index is 0.904. The molecule has 2 heterocycles. The molecule has 2 aromatic heterocycles. The van der Waals surface area contributed by atoms with Gasteiger partial charge in [-0.25, -0.2) is 4.98 Å². The van der Waals surface area contributed by atoms with E-state index in [4.69, 9.17) is 0 Å². The maximum absolute atomic E-state index is 4.50. The summed E-state index contributed by atoms with van der Waals surface area (Å²) in [6.07, 6.45) is 3.84. The van der Waals surface area contributed by atoms with Crippen LogP contribution in [-0.2, 0) is 0 Å². The first kappa shape index (κ1) is 11.7. The second-order valence-corrected chi connectivity index (χ2v) is 5.64. The summed E-state index contributed by atoms with van der Waals surface area (Å²) in [4.78, 5) is 7.65. The van der Waals surface area contributed by atoms with Gasteiger partial charge in [0.15, 0.2) is 0 Å². The Morgan fingerprint density at radius 1 is 0.950 bits per heavy atom. The van der Waals surface area contributed by atoms with Gasteiger partial charge >= 0.3 is 0 Å². The highest BCUT2D eigenvalue weighted by atomic mass is 79.9. The van der Waals surface area contributed by atoms with Crippen LogP contribution in [0.25, 0.3) is 32.9 Å². The molecule has 20 heavy (non-hydrogen) atoms. The van der Waals surface area contributed by atoms with Gasteiger partial charge in [-0.05, 0) is 38.3 Å². The molecule has 0 saturated carbocycles. The number of nitrogens with zero attached hydrogens (tertiary/aromatic N) is 1. The Balaban J connectivity index is 2.03. The van der Waals surface area contributed by atoms with Gasteiger partial charge in [0, 0.05) is 27.8 Å². The number of pyridine rings is 1. The number of H-pyrrole nitrogens is 1. The number of hydrogen-bond donors (Lipinski definition) is 1. The van der Waals surface area contributed by atoms with E-state index in [0.29, 0.717) is 0 Å². The van der Waals surface area contributed by atoms with Crippen LogP contribution in [0.5, 0.6) is 0 Å². The fraction of sp³-hybridized carbons (Fsp3) is 0. The molecule has 0 spiro atoms. The topological polar surface area (TPSA) is 28.7 Å². The average molecular weight is 323 g/mol. The molecule has 0 aliphatic carbocycles. The van der Waals surface area contributed by atoms with Crippen molar-refractivity contribution in [3.05, 3.63) is 65.4 Å². The minimum atomic E-state index is 0.904. The van der Waals surface area contributed by atoms with E-state index in [1.807, 2.05) is 12.4 Å². The zero-order valence-electron chi connectivity index (χ0n) is 10.6. The predicted octanol–water partition coefficient (Wildman–Crippen LogP) is 5.15. The second kappa shape index (κ2) is 4.46. The number of aromatic amines is 1. The van der Waals surface area contributed by atoms with Gasteiger partial charge in [-0.15, -0.1) is 0 Å². The lowest BCUT2D eigenvalue weighted by atomic mass is 9.99. The molecule has 96 valence electrons. The second-order valence-electron chi connectivity index (χ2n) is 4.78. The number of nitrogens with one attached hydrogen (secondary N) is 1. The fourth-order valence-electron chi connectivity index (χ4n) is 2.60. The van der Waals surface area contributed by atoms with Crippen LogP contribution in [0.15, 0.2) is 65.4 Å². The number of halogens is 1. The summed E-state index contributed by atoms with van der Waals surface area (Å²) in [6.45, 7) is 0. The van der Waals surface area contributed by atoms with Crippen molar-refractivity contribution in [2.75, 3.05) is 0 Å². The van der Waals surface area contributed by atoms with Gasteiger partial charge in [-0.1, -0.05) is 42.5 Å². The molecular weight excluding hydrogens is 312 g/mol. The highest BCUT2D eigenvalue weighted by molar-refractivity contribution is 9.10. The summed E-state index contributed by atoms with van der Waals surface area (Å²) in [5.41, 5.74) is 3.25. The lowest BCUT2D eigenvalue weighted by Gasteiger charge is -2.06. The Hall–Kier alpha value is -2.13. The molecule has 0 atom stereocenters.